The van der Waals surface area contributed by atoms with Crippen LogP contribution in [0.15, 0.2) is 59.1 Å². The topological polar surface area (TPSA) is 0 Å². The highest BCUT2D eigenvalue weighted by Gasteiger charge is 2.29. The molecule has 134 valence electrons. The van der Waals surface area contributed by atoms with Crippen molar-refractivity contribution >= 4 is 26.7 Å². The van der Waals surface area contributed by atoms with Gasteiger partial charge >= 0.3 is 0 Å². The van der Waals surface area contributed by atoms with Crippen molar-refractivity contribution < 1.29 is 0 Å². The minimum absolute atomic E-state index is 0.549. The Morgan fingerprint density at radius 2 is 1.62 bits per heavy atom. The van der Waals surface area contributed by atoms with Crippen molar-refractivity contribution in [1.29, 1.82) is 0 Å². The van der Waals surface area contributed by atoms with Crippen molar-refractivity contribution in [3.8, 4) is 11.1 Å². The molecule has 1 atom stereocenters. The normalized spacial score (nSPS) is 15.2. The predicted octanol–water partition coefficient (Wildman–Crippen LogP) is 8.47. The van der Waals surface area contributed by atoms with E-state index in [4.69, 9.17) is 0 Å². The van der Waals surface area contributed by atoms with E-state index in [0.29, 0.717) is 5.92 Å². The summed E-state index contributed by atoms with van der Waals surface area (Å²) >= 11 is 3.70. The van der Waals surface area contributed by atoms with Crippen molar-refractivity contribution in [2.75, 3.05) is 0 Å². The highest BCUT2D eigenvalue weighted by Crippen LogP contribution is 2.50. The molecule has 0 N–H and O–H groups in total. The molecule has 1 unspecified atom stereocenters. The number of unbranched alkanes of at least 4 members (excludes halogenated alkanes) is 5. The van der Waals surface area contributed by atoms with E-state index < -0.39 is 0 Å². The Kier molecular flexibility index (Phi) is 5.45. The summed E-state index contributed by atoms with van der Waals surface area (Å²) in [6.07, 6.45) is 9.44. The molecule has 0 aliphatic heterocycles. The van der Waals surface area contributed by atoms with Crippen LogP contribution in [-0.2, 0) is 0 Å². The first-order valence-corrected chi connectivity index (χ1v) is 10.9. The lowest BCUT2D eigenvalue weighted by molar-refractivity contribution is 0.571. The van der Waals surface area contributed by atoms with Crippen LogP contribution in [0.1, 0.15) is 68.9 Å². The molecule has 26 heavy (non-hydrogen) atoms. The van der Waals surface area contributed by atoms with Gasteiger partial charge in [-0.05, 0) is 51.6 Å². The molecule has 0 saturated carbocycles. The maximum atomic E-state index is 3.70. The van der Waals surface area contributed by atoms with Crippen molar-refractivity contribution in [2.24, 2.45) is 0 Å². The number of fused-ring (bicyclic) bond motifs is 5. The molecule has 1 heteroatoms. The Balaban J connectivity index is 1.66. The Morgan fingerprint density at radius 1 is 0.808 bits per heavy atom. The third kappa shape index (κ3) is 3.34. The van der Waals surface area contributed by atoms with Gasteiger partial charge in [0.25, 0.3) is 0 Å². The first-order valence-electron chi connectivity index (χ1n) is 10.1. The molecule has 3 aromatic carbocycles. The highest BCUT2D eigenvalue weighted by molar-refractivity contribution is 9.10. The van der Waals surface area contributed by atoms with Crippen LogP contribution in [-0.4, -0.2) is 0 Å². The van der Waals surface area contributed by atoms with Gasteiger partial charge in [0.1, 0.15) is 0 Å². The number of benzene rings is 3. The van der Waals surface area contributed by atoms with Crippen molar-refractivity contribution in [3.63, 3.8) is 0 Å². The Bertz CT molecular complexity index is 909. The van der Waals surface area contributed by atoms with Crippen LogP contribution in [0.4, 0.5) is 0 Å². The van der Waals surface area contributed by atoms with Crippen LogP contribution in [0.2, 0.25) is 0 Å². The van der Waals surface area contributed by atoms with Crippen LogP contribution in [0.5, 0.6) is 0 Å². The molecular weight excluding hydrogens is 380 g/mol. The van der Waals surface area contributed by atoms with E-state index in [9.17, 15) is 0 Å². The quantitative estimate of drug-likeness (QED) is 0.345. The Hall–Kier alpha value is -1.60. The minimum atomic E-state index is 0.549. The van der Waals surface area contributed by atoms with E-state index in [0.717, 1.165) is 0 Å². The van der Waals surface area contributed by atoms with Crippen LogP contribution in [0.25, 0.3) is 21.9 Å². The molecular formula is C25H27Br. The van der Waals surface area contributed by atoms with E-state index in [1.165, 1.54) is 82.4 Å². The molecule has 0 heterocycles. The second kappa shape index (κ2) is 7.96. The molecule has 0 radical (unpaired) electrons. The molecule has 3 aromatic rings. The standard InChI is InChI=1S/C25H27Br/c1-2-3-4-5-6-7-12-21-22-15-13-18-10-8-9-11-20(18)25(22)23-16-14-19(26)17-24(21)23/h8-11,13-17,21H,2-7,12H2,1H3. The van der Waals surface area contributed by atoms with Gasteiger partial charge < -0.3 is 0 Å². The van der Waals surface area contributed by atoms with Gasteiger partial charge in [-0.25, -0.2) is 0 Å². The highest BCUT2D eigenvalue weighted by atomic mass is 79.9. The van der Waals surface area contributed by atoms with E-state index >= 15 is 0 Å². The van der Waals surface area contributed by atoms with Gasteiger partial charge in [-0.2, -0.15) is 0 Å². The lowest BCUT2D eigenvalue weighted by Crippen LogP contribution is -1.97. The number of rotatable bonds is 7. The summed E-state index contributed by atoms with van der Waals surface area (Å²) in [7, 11) is 0. The molecule has 0 nitrogen and oxygen atoms in total. The maximum Gasteiger partial charge on any atom is 0.0178 e. The molecule has 0 amide bonds. The molecule has 4 rings (SSSR count). The fourth-order valence-electron chi connectivity index (χ4n) is 4.54. The molecule has 0 saturated heterocycles. The average molecular weight is 407 g/mol. The molecule has 1 aliphatic carbocycles. The minimum Gasteiger partial charge on any atom is -0.0654 e. The van der Waals surface area contributed by atoms with Crippen LogP contribution < -0.4 is 0 Å². The number of halogens is 1. The fourth-order valence-corrected chi connectivity index (χ4v) is 4.92. The third-order valence-corrected chi connectivity index (χ3v) is 6.33. The van der Waals surface area contributed by atoms with Gasteiger partial charge in [0.2, 0.25) is 0 Å². The van der Waals surface area contributed by atoms with Crippen molar-refractivity contribution in [3.05, 3.63) is 70.2 Å². The van der Waals surface area contributed by atoms with Gasteiger partial charge in [0, 0.05) is 10.4 Å². The van der Waals surface area contributed by atoms with E-state index in [2.05, 4.69) is 77.5 Å². The first kappa shape index (κ1) is 17.8. The van der Waals surface area contributed by atoms with E-state index in [1.807, 2.05) is 0 Å². The predicted molar refractivity (Wildman–Crippen MR) is 117 cm³/mol. The van der Waals surface area contributed by atoms with Crippen molar-refractivity contribution in [1.82, 2.24) is 0 Å². The SMILES string of the molecule is CCCCCCCCC1c2cc(Br)ccc2-c2c1ccc1ccccc21. The monoisotopic (exact) mass is 406 g/mol. The van der Waals surface area contributed by atoms with Gasteiger partial charge in [-0.15, -0.1) is 0 Å². The van der Waals surface area contributed by atoms with Gasteiger partial charge in [-0.3, -0.25) is 0 Å². The summed E-state index contributed by atoms with van der Waals surface area (Å²) in [4.78, 5) is 0. The number of hydrogen-bond donors (Lipinski definition) is 0. The van der Waals surface area contributed by atoms with Crippen LogP contribution in [0.3, 0.4) is 0 Å². The summed E-state index contributed by atoms with van der Waals surface area (Å²) in [5.41, 5.74) is 5.96. The van der Waals surface area contributed by atoms with Gasteiger partial charge in [-0.1, -0.05) is 104 Å². The summed E-state index contributed by atoms with van der Waals surface area (Å²) in [6, 6.07) is 20.4. The Morgan fingerprint density at radius 3 is 2.50 bits per heavy atom. The summed E-state index contributed by atoms with van der Waals surface area (Å²) in [6.45, 7) is 2.29. The fraction of sp³-hybridized carbons (Fsp3) is 0.360. The average Bonchev–Trinajstić information content (AvgIpc) is 2.98. The molecule has 0 aromatic heterocycles. The van der Waals surface area contributed by atoms with E-state index in [1.54, 1.807) is 0 Å². The molecule has 0 spiro atoms. The van der Waals surface area contributed by atoms with Crippen LogP contribution in [0, 0.1) is 0 Å². The van der Waals surface area contributed by atoms with E-state index in [-0.39, 0.29) is 0 Å². The molecule has 0 fully saturated rings. The summed E-state index contributed by atoms with van der Waals surface area (Å²) in [5.74, 6) is 0.549. The largest absolute Gasteiger partial charge is 0.0654 e. The summed E-state index contributed by atoms with van der Waals surface area (Å²) < 4.78 is 1.20. The van der Waals surface area contributed by atoms with Crippen LogP contribution >= 0.6 is 15.9 Å². The molecule has 0 bridgehead atoms. The Labute approximate surface area is 165 Å². The lowest BCUT2D eigenvalue weighted by Gasteiger charge is -2.14. The molecule has 1 aliphatic rings. The lowest BCUT2D eigenvalue weighted by atomic mass is 9.90. The van der Waals surface area contributed by atoms with Gasteiger partial charge in [0.15, 0.2) is 0 Å². The zero-order chi connectivity index (χ0) is 17.9. The smallest absolute Gasteiger partial charge is 0.0178 e. The zero-order valence-corrected chi connectivity index (χ0v) is 17.2. The third-order valence-electron chi connectivity index (χ3n) is 5.84. The second-order valence-electron chi connectivity index (χ2n) is 7.59. The maximum absolute atomic E-state index is 3.70. The zero-order valence-electron chi connectivity index (χ0n) is 15.6. The van der Waals surface area contributed by atoms with Crippen molar-refractivity contribution in [2.45, 2.75) is 57.8 Å². The second-order valence-corrected chi connectivity index (χ2v) is 8.51. The van der Waals surface area contributed by atoms with Gasteiger partial charge in [0.05, 0.1) is 0 Å². The summed E-state index contributed by atoms with van der Waals surface area (Å²) in [5, 5.41) is 2.75. The first-order chi connectivity index (χ1) is 12.8. The number of hydrogen-bond acceptors (Lipinski definition) is 0.